The maximum Gasteiger partial charge on any atom is 0.249 e. The van der Waals surface area contributed by atoms with Crippen molar-refractivity contribution in [3.8, 4) is 0 Å². The van der Waals surface area contributed by atoms with Gasteiger partial charge in [0.2, 0.25) is 5.91 Å². The molecule has 3 atom stereocenters. The molecule has 0 radical (unpaired) electrons. The fourth-order valence-electron chi connectivity index (χ4n) is 6.22. The smallest absolute Gasteiger partial charge is 0.249 e. The Balaban J connectivity index is 3.59. The molecule has 0 fully saturated rings. The van der Waals surface area contributed by atoms with E-state index in [2.05, 4.69) is 43.5 Å². The van der Waals surface area contributed by atoms with Gasteiger partial charge in [0, 0.05) is 0 Å². The van der Waals surface area contributed by atoms with Crippen LogP contribution in [0.5, 0.6) is 0 Å². The van der Waals surface area contributed by atoms with Crippen LogP contribution in [0.15, 0.2) is 36.5 Å². The van der Waals surface area contributed by atoms with Crippen LogP contribution >= 0.6 is 0 Å². The Morgan fingerprint density at radius 1 is 0.521 bits per heavy atom. The Morgan fingerprint density at radius 3 is 1.25 bits per heavy atom. The van der Waals surface area contributed by atoms with Crippen molar-refractivity contribution in [3.05, 3.63) is 36.5 Å². The Hall–Kier alpha value is -1.43. The van der Waals surface area contributed by atoms with E-state index in [0.29, 0.717) is 6.42 Å². The van der Waals surface area contributed by atoms with E-state index in [1.807, 2.05) is 6.08 Å². The van der Waals surface area contributed by atoms with Crippen LogP contribution in [-0.2, 0) is 4.79 Å². The van der Waals surface area contributed by atoms with Gasteiger partial charge in [-0.25, -0.2) is 0 Å². The lowest BCUT2D eigenvalue weighted by Gasteiger charge is -2.21. The summed E-state index contributed by atoms with van der Waals surface area (Å²) in [6.45, 7) is 4.04. The highest BCUT2D eigenvalue weighted by atomic mass is 16.3. The van der Waals surface area contributed by atoms with Crippen LogP contribution in [0.4, 0.5) is 0 Å². The van der Waals surface area contributed by atoms with Crippen LogP contribution < -0.4 is 5.32 Å². The number of carbonyl (C=O) groups excluding carboxylic acids is 1. The first-order chi connectivity index (χ1) is 23.6. The van der Waals surface area contributed by atoms with Crippen LogP contribution in [0.25, 0.3) is 0 Å². The van der Waals surface area contributed by atoms with Crippen molar-refractivity contribution < 1.29 is 20.1 Å². The van der Waals surface area contributed by atoms with Crippen molar-refractivity contribution >= 4 is 5.91 Å². The van der Waals surface area contributed by atoms with Crippen LogP contribution in [0.1, 0.15) is 206 Å². The highest BCUT2D eigenvalue weighted by molar-refractivity contribution is 5.80. The van der Waals surface area contributed by atoms with E-state index < -0.39 is 24.2 Å². The SMILES string of the molecule is CC/C=C/CC/C=C/CC/C=C/C(O)C(CO)NC(=O)C(O)CCCCCCCCCCCCCCCCCCCCCCCCCC. The van der Waals surface area contributed by atoms with Crippen LogP contribution in [-0.4, -0.2) is 46.1 Å². The van der Waals surface area contributed by atoms with Gasteiger partial charge in [0.15, 0.2) is 0 Å². The van der Waals surface area contributed by atoms with Crippen molar-refractivity contribution in [3.63, 3.8) is 0 Å². The molecule has 48 heavy (non-hydrogen) atoms. The fourth-order valence-corrected chi connectivity index (χ4v) is 6.22. The van der Waals surface area contributed by atoms with Gasteiger partial charge in [-0.1, -0.05) is 204 Å². The van der Waals surface area contributed by atoms with Gasteiger partial charge >= 0.3 is 0 Å². The number of hydrogen-bond acceptors (Lipinski definition) is 4. The Morgan fingerprint density at radius 2 is 0.875 bits per heavy atom. The molecule has 5 heteroatoms. The highest BCUT2D eigenvalue weighted by Gasteiger charge is 2.22. The van der Waals surface area contributed by atoms with Crippen molar-refractivity contribution in [2.45, 2.75) is 225 Å². The number of aliphatic hydroxyl groups is 3. The van der Waals surface area contributed by atoms with E-state index in [0.717, 1.165) is 51.4 Å². The molecular weight excluding hydrogens is 594 g/mol. The van der Waals surface area contributed by atoms with Gasteiger partial charge in [-0.15, -0.1) is 0 Å². The van der Waals surface area contributed by atoms with E-state index in [9.17, 15) is 20.1 Å². The van der Waals surface area contributed by atoms with Gasteiger partial charge < -0.3 is 20.6 Å². The van der Waals surface area contributed by atoms with Gasteiger partial charge in [-0.3, -0.25) is 4.79 Å². The molecule has 0 aromatic rings. The van der Waals surface area contributed by atoms with E-state index in [4.69, 9.17) is 0 Å². The molecule has 0 saturated carbocycles. The van der Waals surface area contributed by atoms with Crippen molar-refractivity contribution in [1.82, 2.24) is 5.32 Å². The zero-order valence-corrected chi connectivity index (χ0v) is 31.9. The summed E-state index contributed by atoms with van der Waals surface area (Å²) in [5.41, 5.74) is 0. The maximum atomic E-state index is 12.4. The number of unbranched alkanes of at least 4 members (excludes halogenated alkanes) is 25. The quantitative estimate of drug-likeness (QED) is 0.0390. The minimum atomic E-state index is -1.10. The molecule has 3 unspecified atom stereocenters. The lowest BCUT2D eigenvalue weighted by molar-refractivity contribution is -0.131. The van der Waals surface area contributed by atoms with Gasteiger partial charge in [0.05, 0.1) is 18.8 Å². The molecule has 0 heterocycles. The van der Waals surface area contributed by atoms with Gasteiger partial charge in [0.25, 0.3) is 0 Å². The molecule has 0 aliphatic rings. The summed E-state index contributed by atoms with van der Waals surface area (Å²) in [7, 11) is 0. The molecule has 0 rings (SSSR count). The average Bonchev–Trinajstić information content (AvgIpc) is 3.09. The topological polar surface area (TPSA) is 89.8 Å². The zero-order chi connectivity index (χ0) is 35.2. The number of amides is 1. The van der Waals surface area contributed by atoms with Crippen molar-refractivity contribution in [2.24, 2.45) is 0 Å². The van der Waals surface area contributed by atoms with Gasteiger partial charge in [0.1, 0.15) is 6.10 Å². The first kappa shape index (κ1) is 46.6. The lowest BCUT2D eigenvalue weighted by Crippen LogP contribution is -2.48. The molecule has 282 valence electrons. The monoisotopic (exact) mass is 676 g/mol. The van der Waals surface area contributed by atoms with Crippen molar-refractivity contribution in [1.29, 1.82) is 0 Å². The Bertz CT molecular complexity index is 749. The van der Waals surface area contributed by atoms with Crippen molar-refractivity contribution in [2.75, 3.05) is 6.61 Å². The summed E-state index contributed by atoms with van der Waals surface area (Å²) >= 11 is 0. The molecule has 4 N–H and O–H groups in total. The van der Waals surface area contributed by atoms with Gasteiger partial charge in [-0.2, -0.15) is 0 Å². The minimum absolute atomic E-state index is 0.380. The normalized spacial score (nSPS) is 14.0. The number of hydrogen-bond donors (Lipinski definition) is 4. The van der Waals surface area contributed by atoms with E-state index in [-0.39, 0.29) is 6.61 Å². The van der Waals surface area contributed by atoms with Crippen LogP contribution in [0.3, 0.4) is 0 Å². The third kappa shape index (κ3) is 33.1. The Labute approximate surface area is 298 Å². The molecular formula is C43H81NO4. The molecule has 0 bridgehead atoms. The average molecular weight is 676 g/mol. The van der Waals surface area contributed by atoms with E-state index in [1.165, 1.54) is 135 Å². The summed E-state index contributed by atoms with van der Waals surface area (Å²) in [4.78, 5) is 12.4. The molecule has 0 aromatic carbocycles. The first-order valence-electron chi connectivity index (χ1n) is 20.8. The minimum Gasteiger partial charge on any atom is -0.394 e. The highest BCUT2D eigenvalue weighted by Crippen LogP contribution is 2.16. The number of aliphatic hydroxyl groups excluding tert-OH is 3. The molecule has 0 aromatic heterocycles. The molecule has 0 aliphatic carbocycles. The van der Waals surface area contributed by atoms with Crippen LogP contribution in [0.2, 0.25) is 0 Å². The Kier molecular flexibility index (Phi) is 37.2. The summed E-state index contributed by atoms with van der Waals surface area (Å²) in [5, 5.41) is 32.9. The summed E-state index contributed by atoms with van der Waals surface area (Å²) in [6, 6.07) is -0.816. The summed E-state index contributed by atoms with van der Waals surface area (Å²) in [5.74, 6) is -0.518. The zero-order valence-electron chi connectivity index (χ0n) is 31.9. The molecule has 5 nitrogen and oxygen atoms in total. The summed E-state index contributed by atoms with van der Waals surface area (Å²) < 4.78 is 0. The third-order valence-electron chi connectivity index (χ3n) is 9.47. The van der Waals surface area contributed by atoms with E-state index >= 15 is 0 Å². The number of rotatable bonds is 37. The number of allylic oxidation sites excluding steroid dienone is 5. The number of nitrogens with one attached hydrogen (secondary N) is 1. The second kappa shape index (κ2) is 38.4. The molecule has 0 saturated heterocycles. The first-order valence-corrected chi connectivity index (χ1v) is 20.8. The molecule has 0 aliphatic heterocycles. The van der Waals surface area contributed by atoms with Gasteiger partial charge in [-0.05, 0) is 38.5 Å². The maximum absolute atomic E-state index is 12.4. The standard InChI is InChI=1S/C43H81NO4/c1-3-5-7-9-11-13-15-16-17-18-19-20-21-22-23-24-25-26-27-28-30-32-34-36-38-42(47)43(48)44-40(39-45)41(46)37-35-33-31-29-14-12-10-8-6-4-2/h6,8,14,29,35,37,40-42,45-47H,3-5,7,9-13,15-28,30-34,36,38-39H2,1-2H3,(H,44,48)/b8-6+,29-14+,37-35+. The molecule has 0 spiro atoms. The lowest BCUT2D eigenvalue weighted by atomic mass is 10.0. The second-order valence-electron chi connectivity index (χ2n) is 14.2. The van der Waals surface area contributed by atoms with Crippen LogP contribution in [0, 0.1) is 0 Å². The molecule has 1 amide bonds. The summed E-state index contributed by atoms with van der Waals surface area (Å²) in [6.07, 6.45) is 47.7. The number of carbonyl (C=O) groups is 1. The third-order valence-corrected chi connectivity index (χ3v) is 9.47. The second-order valence-corrected chi connectivity index (χ2v) is 14.2. The largest absolute Gasteiger partial charge is 0.394 e. The predicted molar refractivity (Wildman–Crippen MR) is 208 cm³/mol. The van der Waals surface area contributed by atoms with E-state index in [1.54, 1.807) is 6.08 Å². The predicted octanol–water partition coefficient (Wildman–Crippen LogP) is 11.6. The fraction of sp³-hybridized carbons (Fsp3) is 0.837.